The molecule has 116 valence electrons. The van der Waals surface area contributed by atoms with Gasteiger partial charge in [-0.3, -0.25) is 10.1 Å². The second kappa shape index (κ2) is 7.77. The molecule has 0 unspecified atom stereocenters. The second-order valence-electron chi connectivity index (χ2n) is 5.59. The van der Waals surface area contributed by atoms with Crippen LogP contribution >= 0.6 is 11.8 Å². The minimum absolute atomic E-state index is 0.0328. The Balaban J connectivity index is 1.95. The van der Waals surface area contributed by atoms with Crippen molar-refractivity contribution < 1.29 is 10.0 Å². The van der Waals surface area contributed by atoms with E-state index in [1.807, 2.05) is 11.8 Å². The molecule has 2 atom stereocenters. The fourth-order valence-electron chi connectivity index (χ4n) is 2.88. The summed E-state index contributed by atoms with van der Waals surface area (Å²) in [5.41, 5.74) is 0.654. The molecule has 0 aromatic heterocycles. The molecule has 1 aromatic carbocycles. The third-order valence-corrected chi connectivity index (χ3v) is 4.71. The molecule has 0 spiro atoms. The second-order valence-corrected chi connectivity index (χ2v) is 6.50. The molecule has 1 saturated heterocycles. The highest BCUT2D eigenvalue weighted by molar-refractivity contribution is 7.98. The maximum absolute atomic E-state index is 10.8. The Labute approximate surface area is 129 Å². The lowest BCUT2D eigenvalue weighted by atomic mass is 9.99. The van der Waals surface area contributed by atoms with E-state index in [-0.39, 0.29) is 5.69 Å². The van der Waals surface area contributed by atoms with Gasteiger partial charge in [0.2, 0.25) is 0 Å². The number of likely N-dealkylation sites (tertiary alicyclic amines) is 1. The van der Waals surface area contributed by atoms with E-state index in [0.717, 1.165) is 25.3 Å². The van der Waals surface area contributed by atoms with Gasteiger partial charge in [-0.25, -0.2) is 0 Å². The number of thioether (sulfide) groups is 1. The minimum Gasteiger partial charge on any atom is -0.387 e. The van der Waals surface area contributed by atoms with Crippen LogP contribution in [0.25, 0.3) is 0 Å². The molecule has 0 saturated carbocycles. The topological polar surface area (TPSA) is 66.6 Å². The van der Waals surface area contributed by atoms with Gasteiger partial charge in [0.15, 0.2) is 0 Å². The standard InChI is InChI=1S/C15H22N2O3S/c1-21-11-12-4-3-7-16(9-12)10-15(18)13-5-2-6-14(8-13)17(19)20/h2,5-6,8,12,15,18H,3-4,7,9-11H2,1H3/t12-,15+/m0/s1. The molecule has 0 radical (unpaired) electrons. The van der Waals surface area contributed by atoms with Crippen LogP contribution in [-0.4, -0.2) is 46.6 Å². The molecule has 1 aliphatic heterocycles. The van der Waals surface area contributed by atoms with Crippen molar-refractivity contribution in [2.45, 2.75) is 18.9 Å². The van der Waals surface area contributed by atoms with Crippen LogP contribution in [0.1, 0.15) is 24.5 Å². The van der Waals surface area contributed by atoms with Crippen LogP contribution in [0.2, 0.25) is 0 Å². The normalized spacial score (nSPS) is 21.1. The smallest absolute Gasteiger partial charge is 0.269 e. The number of hydrogen-bond acceptors (Lipinski definition) is 5. The lowest BCUT2D eigenvalue weighted by molar-refractivity contribution is -0.385. The number of nitrogens with zero attached hydrogens (tertiary/aromatic N) is 2. The summed E-state index contributed by atoms with van der Waals surface area (Å²) >= 11 is 1.87. The van der Waals surface area contributed by atoms with Gasteiger partial charge >= 0.3 is 0 Å². The molecule has 1 fully saturated rings. The first-order chi connectivity index (χ1) is 10.1. The van der Waals surface area contributed by atoms with Gasteiger partial charge in [-0.1, -0.05) is 12.1 Å². The van der Waals surface area contributed by atoms with Crippen molar-refractivity contribution in [1.29, 1.82) is 0 Å². The average Bonchev–Trinajstić information content (AvgIpc) is 2.48. The maximum atomic E-state index is 10.8. The number of benzene rings is 1. The van der Waals surface area contributed by atoms with E-state index in [1.54, 1.807) is 12.1 Å². The maximum Gasteiger partial charge on any atom is 0.269 e. The molecule has 6 heteroatoms. The van der Waals surface area contributed by atoms with E-state index in [4.69, 9.17) is 0 Å². The van der Waals surface area contributed by atoms with Gasteiger partial charge in [0, 0.05) is 25.2 Å². The number of nitro benzene ring substituents is 1. The van der Waals surface area contributed by atoms with Gasteiger partial charge in [-0.2, -0.15) is 11.8 Å². The van der Waals surface area contributed by atoms with Crippen LogP contribution in [0, 0.1) is 16.0 Å². The Morgan fingerprint density at radius 1 is 1.57 bits per heavy atom. The number of hydrogen-bond donors (Lipinski definition) is 1. The SMILES string of the molecule is CSC[C@H]1CCCN(C[C@@H](O)c2cccc([N+](=O)[O-])c2)C1. The first-order valence-electron chi connectivity index (χ1n) is 7.24. The van der Waals surface area contributed by atoms with E-state index >= 15 is 0 Å². The summed E-state index contributed by atoms with van der Waals surface area (Å²) in [4.78, 5) is 12.6. The lowest BCUT2D eigenvalue weighted by Crippen LogP contribution is -2.38. The number of aliphatic hydroxyl groups excluding tert-OH is 1. The van der Waals surface area contributed by atoms with Crippen LogP contribution in [-0.2, 0) is 0 Å². The predicted molar refractivity (Wildman–Crippen MR) is 85.6 cm³/mol. The van der Waals surface area contributed by atoms with E-state index in [1.165, 1.54) is 18.6 Å². The number of β-amino-alcohol motifs (C(OH)–C–C–N with tert-alkyl or cyclic N) is 1. The number of rotatable bonds is 6. The molecule has 1 aliphatic rings. The third-order valence-electron chi connectivity index (χ3n) is 3.90. The van der Waals surface area contributed by atoms with E-state index in [2.05, 4.69) is 11.2 Å². The summed E-state index contributed by atoms with van der Waals surface area (Å²) in [6, 6.07) is 6.30. The van der Waals surface area contributed by atoms with Crippen molar-refractivity contribution in [2.24, 2.45) is 5.92 Å². The Kier molecular flexibility index (Phi) is 6.02. The van der Waals surface area contributed by atoms with Crippen molar-refractivity contribution >= 4 is 17.4 Å². The predicted octanol–water partition coefficient (Wildman–Crippen LogP) is 2.70. The molecule has 1 heterocycles. The molecular formula is C15H22N2O3S. The zero-order valence-corrected chi connectivity index (χ0v) is 13.1. The molecule has 0 bridgehead atoms. The van der Waals surface area contributed by atoms with Gasteiger partial charge in [-0.15, -0.1) is 0 Å². The van der Waals surface area contributed by atoms with Gasteiger partial charge in [0.05, 0.1) is 11.0 Å². The van der Waals surface area contributed by atoms with Crippen molar-refractivity contribution in [3.8, 4) is 0 Å². The first-order valence-corrected chi connectivity index (χ1v) is 8.63. The van der Waals surface area contributed by atoms with Crippen molar-refractivity contribution in [3.63, 3.8) is 0 Å². The monoisotopic (exact) mass is 310 g/mol. The molecule has 0 aliphatic carbocycles. The highest BCUT2D eigenvalue weighted by atomic mass is 32.2. The lowest BCUT2D eigenvalue weighted by Gasteiger charge is -2.33. The Bertz CT molecular complexity index is 482. The molecule has 2 rings (SSSR count). The molecular weight excluding hydrogens is 288 g/mol. The average molecular weight is 310 g/mol. The first kappa shape index (κ1) is 16.3. The Hall–Kier alpha value is -1.11. The van der Waals surface area contributed by atoms with Gasteiger partial charge in [0.25, 0.3) is 5.69 Å². The summed E-state index contributed by atoms with van der Waals surface area (Å²) in [6.45, 7) is 2.55. The van der Waals surface area contributed by atoms with E-state index in [0.29, 0.717) is 18.0 Å². The number of piperidine rings is 1. The molecule has 0 amide bonds. The van der Waals surface area contributed by atoms with Crippen molar-refractivity contribution in [3.05, 3.63) is 39.9 Å². The molecule has 1 aromatic rings. The Morgan fingerprint density at radius 2 is 2.38 bits per heavy atom. The summed E-state index contributed by atoms with van der Waals surface area (Å²) in [6.07, 6.45) is 3.87. The van der Waals surface area contributed by atoms with Crippen LogP contribution in [0.15, 0.2) is 24.3 Å². The van der Waals surface area contributed by atoms with Gasteiger partial charge in [0.1, 0.15) is 0 Å². The highest BCUT2D eigenvalue weighted by Crippen LogP contribution is 2.24. The number of nitro groups is 1. The summed E-state index contributed by atoms with van der Waals surface area (Å²) in [5, 5.41) is 21.1. The highest BCUT2D eigenvalue weighted by Gasteiger charge is 2.22. The zero-order valence-electron chi connectivity index (χ0n) is 12.3. The van der Waals surface area contributed by atoms with E-state index in [9.17, 15) is 15.2 Å². The van der Waals surface area contributed by atoms with E-state index < -0.39 is 11.0 Å². The minimum atomic E-state index is -0.669. The van der Waals surface area contributed by atoms with Crippen LogP contribution < -0.4 is 0 Å². The molecule has 21 heavy (non-hydrogen) atoms. The summed E-state index contributed by atoms with van der Waals surface area (Å²) < 4.78 is 0. The van der Waals surface area contributed by atoms with Gasteiger partial charge in [-0.05, 0) is 42.9 Å². The fraction of sp³-hybridized carbons (Fsp3) is 0.600. The fourth-order valence-corrected chi connectivity index (χ4v) is 3.63. The van der Waals surface area contributed by atoms with Crippen LogP contribution in [0.5, 0.6) is 0 Å². The summed E-state index contributed by atoms with van der Waals surface area (Å²) in [7, 11) is 0. The Morgan fingerprint density at radius 3 is 3.10 bits per heavy atom. The largest absolute Gasteiger partial charge is 0.387 e. The summed E-state index contributed by atoms with van der Waals surface area (Å²) in [5.74, 6) is 1.84. The van der Waals surface area contributed by atoms with Crippen LogP contribution in [0.4, 0.5) is 5.69 Å². The molecule has 1 N–H and O–H groups in total. The quantitative estimate of drug-likeness (QED) is 0.646. The van der Waals surface area contributed by atoms with Crippen LogP contribution in [0.3, 0.4) is 0 Å². The number of aliphatic hydroxyl groups is 1. The third kappa shape index (κ3) is 4.69. The zero-order chi connectivity index (χ0) is 15.2. The van der Waals surface area contributed by atoms with Crippen molar-refractivity contribution in [1.82, 2.24) is 4.90 Å². The van der Waals surface area contributed by atoms with Crippen molar-refractivity contribution in [2.75, 3.05) is 31.6 Å². The number of non-ortho nitro benzene ring substituents is 1. The molecule has 5 nitrogen and oxygen atoms in total. The van der Waals surface area contributed by atoms with Gasteiger partial charge < -0.3 is 10.0 Å².